The number of hydrogen-bond acceptors (Lipinski definition) is 4. The van der Waals surface area contributed by atoms with E-state index in [0.29, 0.717) is 45.9 Å². The zero-order valence-corrected chi connectivity index (χ0v) is 10.9. The maximum Gasteiger partial charge on any atom is 0.220 e. The van der Waals surface area contributed by atoms with Gasteiger partial charge in [0.05, 0.1) is 26.4 Å². The molecule has 17 heavy (non-hydrogen) atoms. The molecule has 5 nitrogen and oxygen atoms in total. The second-order valence-corrected chi connectivity index (χ2v) is 3.82. The Morgan fingerprint density at radius 2 is 1.82 bits per heavy atom. The molecule has 0 aliphatic heterocycles. The molecule has 0 unspecified atom stereocenters. The summed E-state index contributed by atoms with van der Waals surface area (Å²) in [6.07, 6.45) is 3.84. The monoisotopic (exact) mass is 246 g/mol. The number of ether oxygens (including phenoxy) is 2. The van der Waals surface area contributed by atoms with Crippen molar-refractivity contribution < 1.29 is 14.3 Å². The highest BCUT2D eigenvalue weighted by Gasteiger charge is 1.99. The molecule has 0 aliphatic carbocycles. The van der Waals surface area contributed by atoms with Gasteiger partial charge in [0.1, 0.15) is 0 Å². The molecule has 0 fully saturated rings. The summed E-state index contributed by atoms with van der Waals surface area (Å²) in [4.78, 5) is 11.3. The molecular weight excluding hydrogens is 220 g/mol. The van der Waals surface area contributed by atoms with Crippen LogP contribution in [0.25, 0.3) is 0 Å². The van der Waals surface area contributed by atoms with E-state index in [1.165, 1.54) is 0 Å². The summed E-state index contributed by atoms with van der Waals surface area (Å²) in [5.41, 5.74) is 5.26. The van der Waals surface area contributed by atoms with Crippen LogP contribution in [0.1, 0.15) is 32.6 Å². The van der Waals surface area contributed by atoms with Crippen LogP contribution in [0, 0.1) is 0 Å². The number of unbranched alkanes of at least 4 members (excludes halogenated alkanes) is 2. The minimum atomic E-state index is 0.112. The lowest BCUT2D eigenvalue weighted by atomic mass is 10.2. The first-order chi connectivity index (χ1) is 8.31. The summed E-state index contributed by atoms with van der Waals surface area (Å²) in [6, 6.07) is 0. The SMILES string of the molecule is CCCCCC(=O)NCCOCCOCCN. The minimum Gasteiger partial charge on any atom is -0.378 e. The van der Waals surface area contributed by atoms with E-state index in [4.69, 9.17) is 15.2 Å². The van der Waals surface area contributed by atoms with Gasteiger partial charge in [0, 0.05) is 19.5 Å². The van der Waals surface area contributed by atoms with Crippen LogP contribution in [-0.4, -0.2) is 45.4 Å². The molecule has 0 atom stereocenters. The van der Waals surface area contributed by atoms with Crippen molar-refractivity contribution in [1.29, 1.82) is 0 Å². The summed E-state index contributed by atoms with van der Waals surface area (Å²) in [7, 11) is 0. The summed E-state index contributed by atoms with van der Waals surface area (Å²) in [5.74, 6) is 0.112. The average molecular weight is 246 g/mol. The number of nitrogens with one attached hydrogen (secondary N) is 1. The van der Waals surface area contributed by atoms with Crippen LogP contribution < -0.4 is 11.1 Å². The van der Waals surface area contributed by atoms with Crippen molar-refractivity contribution in [2.24, 2.45) is 5.73 Å². The zero-order valence-electron chi connectivity index (χ0n) is 10.9. The number of carbonyl (C=O) groups excluding carboxylic acids is 1. The van der Waals surface area contributed by atoms with Crippen LogP contribution in [0.3, 0.4) is 0 Å². The number of nitrogens with two attached hydrogens (primary N) is 1. The smallest absolute Gasteiger partial charge is 0.220 e. The fraction of sp³-hybridized carbons (Fsp3) is 0.917. The highest BCUT2D eigenvalue weighted by Crippen LogP contribution is 1.97. The summed E-state index contributed by atoms with van der Waals surface area (Å²) in [6.45, 7) is 5.44. The highest BCUT2D eigenvalue weighted by atomic mass is 16.5. The van der Waals surface area contributed by atoms with Crippen LogP contribution in [0.2, 0.25) is 0 Å². The van der Waals surface area contributed by atoms with Crippen molar-refractivity contribution in [3.63, 3.8) is 0 Å². The molecule has 0 spiro atoms. The van der Waals surface area contributed by atoms with Gasteiger partial charge in [-0.1, -0.05) is 19.8 Å². The molecule has 0 aromatic heterocycles. The van der Waals surface area contributed by atoms with Gasteiger partial charge in [-0.25, -0.2) is 0 Å². The van der Waals surface area contributed by atoms with Gasteiger partial charge in [-0.15, -0.1) is 0 Å². The Labute approximate surface area is 104 Å². The minimum absolute atomic E-state index is 0.112. The lowest BCUT2D eigenvalue weighted by Crippen LogP contribution is -2.27. The van der Waals surface area contributed by atoms with E-state index in [-0.39, 0.29) is 5.91 Å². The van der Waals surface area contributed by atoms with Crippen molar-refractivity contribution in [1.82, 2.24) is 5.32 Å². The van der Waals surface area contributed by atoms with Crippen LogP contribution in [0.5, 0.6) is 0 Å². The van der Waals surface area contributed by atoms with E-state index in [1.54, 1.807) is 0 Å². The highest BCUT2D eigenvalue weighted by molar-refractivity contribution is 5.75. The summed E-state index contributed by atoms with van der Waals surface area (Å²) < 4.78 is 10.4. The Kier molecular flexibility index (Phi) is 12.9. The molecule has 3 N–H and O–H groups in total. The molecule has 0 radical (unpaired) electrons. The van der Waals surface area contributed by atoms with Gasteiger partial charge in [0.15, 0.2) is 0 Å². The Morgan fingerprint density at radius 3 is 2.47 bits per heavy atom. The van der Waals surface area contributed by atoms with Crippen LogP contribution in [0.15, 0.2) is 0 Å². The predicted molar refractivity (Wildman–Crippen MR) is 67.8 cm³/mol. The third-order valence-corrected chi connectivity index (χ3v) is 2.21. The summed E-state index contributed by atoms with van der Waals surface area (Å²) >= 11 is 0. The average Bonchev–Trinajstić information content (AvgIpc) is 2.33. The number of rotatable bonds is 12. The Morgan fingerprint density at radius 1 is 1.12 bits per heavy atom. The van der Waals surface area contributed by atoms with Gasteiger partial charge in [0.25, 0.3) is 0 Å². The molecular formula is C12H26N2O3. The normalized spacial score (nSPS) is 10.5. The fourth-order valence-corrected chi connectivity index (χ4v) is 1.29. The first-order valence-corrected chi connectivity index (χ1v) is 6.43. The molecule has 0 heterocycles. The van der Waals surface area contributed by atoms with E-state index >= 15 is 0 Å². The third kappa shape index (κ3) is 13.3. The van der Waals surface area contributed by atoms with Crippen molar-refractivity contribution in [3.05, 3.63) is 0 Å². The molecule has 0 bridgehead atoms. The molecule has 0 aromatic carbocycles. The fourth-order valence-electron chi connectivity index (χ4n) is 1.29. The van der Waals surface area contributed by atoms with Crippen molar-refractivity contribution >= 4 is 5.91 Å². The van der Waals surface area contributed by atoms with Crippen molar-refractivity contribution in [2.75, 3.05) is 39.5 Å². The molecule has 5 heteroatoms. The molecule has 102 valence electrons. The van der Waals surface area contributed by atoms with Gasteiger partial charge in [-0.2, -0.15) is 0 Å². The number of amides is 1. The van der Waals surface area contributed by atoms with Crippen LogP contribution in [-0.2, 0) is 14.3 Å². The first kappa shape index (κ1) is 16.4. The van der Waals surface area contributed by atoms with E-state index in [0.717, 1.165) is 19.3 Å². The lowest BCUT2D eigenvalue weighted by Gasteiger charge is -2.06. The molecule has 0 saturated heterocycles. The molecule has 1 amide bonds. The van der Waals surface area contributed by atoms with Gasteiger partial charge in [0.2, 0.25) is 5.91 Å². The zero-order chi connectivity index (χ0) is 12.8. The van der Waals surface area contributed by atoms with E-state index in [1.807, 2.05) is 0 Å². The van der Waals surface area contributed by atoms with Crippen LogP contribution >= 0.6 is 0 Å². The van der Waals surface area contributed by atoms with E-state index in [9.17, 15) is 4.79 Å². The second-order valence-electron chi connectivity index (χ2n) is 3.82. The Balaban J connectivity index is 3.08. The molecule has 0 aliphatic rings. The van der Waals surface area contributed by atoms with Gasteiger partial charge < -0.3 is 20.5 Å². The van der Waals surface area contributed by atoms with Gasteiger partial charge in [-0.05, 0) is 6.42 Å². The third-order valence-electron chi connectivity index (χ3n) is 2.21. The molecule has 0 rings (SSSR count). The summed E-state index contributed by atoms with van der Waals surface area (Å²) in [5, 5.41) is 2.82. The van der Waals surface area contributed by atoms with Crippen molar-refractivity contribution in [3.8, 4) is 0 Å². The quantitative estimate of drug-likeness (QED) is 0.497. The number of carbonyl (C=O) groups is 1. The molecule has 0 saturated carbocycles. The largest absolute Gasteiger partial charge is 0.378 e. The van der Waals surface area contributed by atoms with E-state index in [2.05, 4.69) is 12.2 Å². The lowest BCUT2D eigenvalue weighted by molar-refractivity contribution is -0.121. The second kappa shape index (κ2) is 13.4. The Bertz CT molecular complexity index is 177. The standard InChI is InChI=1S/C12H26N2O3/c1-2-3-4-5-12(15)14-7-9-17-11-10-16-8-6-13/h2-11,13H2,1H3,(H,14,15). The topological polar surface area (TPSA) is 73.6 Å². The van der Waals surface area contributed by atoms with Gasteiger partial charge >= 0.3 is 0 Å². The molecule has 0 aromatic rings. The van der Waals surface area contributed by atoms with E-state index < -0.39 is 0 Å². The first-order valence-electron chi connectivity index (χ1n) is 6.43. The van der Waals surface area contributed by atoms with Crippen LogP contribution in [0.4, 0.5) is 0 Å². The Hall–Kier alpha value is -0.650. The maximum atomic E-state index is 11.3. The predicted octanol–water partition coefficient (Wildman–Crippen LogP) is 0.675. The maximum absolute atomic E-state index is 11.3. The number of hydrogen-bond donors (Lipinski definition) is 2. The van der Waals surface area contributed by atoms with Gasteiger partial charge in [-0.3, -0.25) is 4.79 Å². The van der Waals surface area contributed by atoms with Crippen molar-refractivity contribution in [2.45, 2.75) is 32.6 Å².